The maximum Gasteiger partial charge on any atom is 0.332 e. The first kappa shape index (κ1) is 17.9. The molecule has 0 aliphatic rings. The molecule has 1 unspecified atom stereocenters. The first-order valence-corrected chi connectivity index (χ1v) is 7.59. The molecule has 0 aliphatic carbocycles. The summed E-state index contributed by atoms with van der Waals surface area (Å²) in [5.41, 5.74) is -1.35. The van der Waals surface area contributed by atoms with Crippen molar-refractivity contribution in [2.75, 3.05) is 0 Å². The molecule has 24 heavy (non-hydrogen) atoms. The van der Waals surface area contributed by atoms with Crippen molar-refractivity contribution >= 4 is 17.6 Å². The fourth-order valence-corrected chi connectivity index (χ4v) is 2.57. The first-order valence-electron chi connectivity index (χ1n) is 7.21. The molecule has 8 heteroatoms. The van der Waals surface area contributed by atoms with Crippen LogP contribution in [0.25, 0.3) is 11.1 Å². The normalized spacial score (nSPS) is 12.4. The number of carboxylic acids is 1. The molecular formula is C16H16ClFN2O4. The number of benzene rings is 1. The van der Waals surface area contributed by atoms with E-state index >= 15 is 0 Å². The van der Waals surface area contributed by atoms with E-state index in [2.05, 4.69) is 0 Å². The highest BCUT2D eigenvalue weighted by Crippen LogP contribution is 2.28. The van der Waals surface area contributed by atoms with Gasteiger partial charge < -0.3 is 5.11 Å². The van der Waals surface area contributed by atoms with Crippen LogP contribution < -0.4 is 11.2 Å². The molecule has 1 heterocycles. The van der Waals surface area contributed by atoms with Crippen molar-refractivity contribution in [1.29, 1.82) is 0 Å². The van der Waals surface area contributed by atoms with Gasteiger partial charge in [0.1, 0.15) is 11.9 Å². The first-order chi connectivity index (χ1) is 11.2. The molecule has 0 aliphatic heterocycles. The Morgan fingerprint density at radius 2 is 1.83 bits per heavy atom. The quantitative estimate of drug-likeness (QED) is 0.915. The van der Waals surface area contributed by atoms with Gasteiger partial charge in [0, 0.05) is 17.8 Å². The van der Waals surface area contributed by atoms with Crippen molar-refractivity contribution in [3.05, 3.63) is 56.1 Å². The van der Waals surface area contributed by atoms with E-state index in [1.807, 2.05) is 0 Å². The van der Waals surface area contributed by atoms with Gasteiger partial charge in [-0.15, -0.1) is 0 Å². The molecule has 0 saturated carbocycles. The van der Waals surface area contributed by atoms with Crippen LogP contribution >= 0.6 is 11.6 Å². The Morgan fingerprint density at radius 1 is 1.21 bits per heavy atom. The van der Waals surface area contributed by atoms with Crippen LogP contribution in [0.5, 0.6) is 0 Å². The van der Waals surface area contributed by atoms with Crippen LogP contribution in [-0.2, 0) is 4.79 Å². The summed E-state index contributed by atoms with van der Waals surface area (Å²) in [7, 11) is 0. The number of carbonyl (C=O) groups is 1. The maximum absolute atomic E-state index is 13.7. The zero-order valence-corrected chi connectivity index (χ0v) is 14.0. The number of aromatic nitrogens is 2. The minimum atomic E-state index is -1.23. The van der Waals surface area contributed by atoms with Crippen LogP contribution in [0, 0.1) is 5.82 Å². The van der Waals surface area contributed by atoms with E-state index in [1.54, 1.807) is 13.8 Å². The molecule has 0 amide bonds. The van der Waals surface area contributed by atoms with Gasteiger partial charge >= 0.3 is 11.7 Å². The average Bonchev–Trinajstić information content (AvgIpc) is 2.50. The second kappa shape index (κ2) is 6.60. The van der Waals surface area contributed by atoms with Gasteiger partial charge in [0.05, 0.1) is 10.6 Å². The SMILES string of the molecule is CC(C(=O)O)n1cc(-c2cccc(F)c2Cl)c(=O)n(C(C)C)c1=O. The molecule has 1 atom stereocenters. The largest absolute Gasteiger partial charge is 0.480 e. The van der Waals surface area contributed by atoms with E-state index in [1.165, 1.54) is 19.1 Å². The van der Waals surface area contributed by atoms with Gasteiger partial charge in [0.25, 0.3) is 5.56 Å². The fourth-order valence-electron chi connectivity index (χ4n) is 2.34. The third-order valence-electron chi connectivity index (χ3n) is 3.68. The molecule has 1 aromatic carbocycles. The number of carboxylic acid groups (broad SMARTS) is 1. The lowest BCUT2D eigenvalue weighted by Crippen LogP contribution is -2.43. The van der Waals surface area contributed by atoms with E-state index in [0.29, 0.717) is 0 Å². The summed E-state index contributed by atoms with van der Waals surface area (Å²) < 4.78 is 15.6. The Labute approximate surface area is 141 Å². The third kappa shape index (κ3) is 2.99. The molecule has 0 fully saturated rings. The van der Waals surface area contributed by atoms with Gasteiger partial charge in [-0.05, 0) is 26.8 Å². The molecule has 0 radical (unpaired) electrons. The number of aliphatic carboxylic acids is 1. The molecule has 2 rings (SSSR count). The molecule has 128 valence electrons. The van der Waals surface area contributed by atoms with Gasteiger partial charge in [-0.1, -0.05) is 23.7 Å². The van der Waals surface area contributed by atoms with E-state index < -0.39 is 35.1 Å². The highest BCUT2D eigenvalue weighted by Gasteiger charge is 2.22. The minimum absolute atomic E-state index is 0.0408. The highest BCUT2D eigenvalue weighted by atomic mass is 35.5. The van der Waals surface area contributed by atoms with Gasteiger partial charge in [-0.25, -0.2) is 14.0 Å². The van der Waals surface area contributed by atoms with Crippen molar-refractivity contribution in [2.45, 2.75) is 32.9 Å². The summed E-state index contributed by atoms with van der Waals surface area (Å²) in [5, 5.41) is 8.92. The van der Waals surface area contributed by atoms with Gasteiger partial charge in [-0.3, -0.25) is 13.9 Å². The summed E-state index contributed by atoms with van der Waals surface area (Å²) >= 11 is 5.94. The van der Waals surface area contributed by atoms with E-state index in [0.717, 1.165) is 21.4 Å². The zero-order chi connectivity index (χ0) is 18.2. The van der Waals surface area contributed by atoms with E-state index in [4.69, 9.17) is 11.6 Å². The van der Waals surface area contributed by atoms with Crippen LogP contribution in [0.15, 0.2) is 34.0 Å². The van der Waals surface area contributed by atoms with E-state index in [-0.39, 0.29) is 16.1 Å². The standard InChI is InChI=1S/C16H16ClFN2O4/c1-8(2)20-14(21)11(10-5-4-6-12(18)13(10)17)7-19(16(20)24)9(3)15(22)23/h4-9H,1-3H3,(H,22,23). The second-order valence-corrected chi connectivity index (χ2v) is 6.00. The summed E-state index contributed by atoms with van der Waals surface area (Å²) in [6, 6.07) is 2.25. The number of nitrogens with zero attached hydrogens (tertiary/aromatic N) is 2. The van der Waals surface area contributed by atoms with Crippen LogP contribution in [0.3, 0.4) is 0 Å². The number of hydrogen-bond donors (Lipinski definition) is 1. The van der Waals surface area contributed by atoms with Crippen LogP contribution in [0.1, 0.15) is 32.9 Å². The van der Waals surface area contributed by atoms with Crippen molar-refractivity contribution in [3.63, 3.8) is 0 Å². The van der Waals surface area contributed by atoms with Gasteiger partial charge in [0.2, 0.25) is 0 Å². The Bertz CT molecular complexity index is 917. The smallest absolute Gasteiger partial charge is 0.332 e. The van der Waals surface area contributed by atoms with Crippen molar-refractivity contribution in [2.24, 2.45) is 0 Å². The monoisotopic (exact) mass is 354 g/mol. The maximum atomic E-state index is 13.7. The number of hydrogen-bond acceptors (Lipinski definition) is 3. The molecule has 6 nitrogen and oxygen atoms in total. The number of halogens is 2. The molecule has 0 saturated heterocycles. The lowest BCUT2D eigenvalue weighted by molar-refractivity contribution is -0.140. The van der Waals surface area contributed by atoms with Crippen LogP contribution in [0.2, 0.25) is 5.02 Å². The molecule has 1 N–H and O–H groups in total. The fraction of sp³-hybridized carbons (Fsp3) is 0.312. The second-order valence-electron chi connectivity index (χ2n) is 5.62. The Hall–Kier alpha value is -2.41. The van der Waals surface area contributed by atoms with Crippen LogP contribution in [-0.4, -0.2) is 20.2 Å². The lowest BCUT2D eigenvalue weighted by Gasteiger charge is -2.18. The summed E-state index contributed by atoms with van der Waals surface area (Å²) in [5.74, 6) is -1.95. The van der Waals surface area contributed by atoms with Crippen molar-refractivity contribution in [1.82, 2.24) is 9.13 Å². The van der Waals surface area contributed by atoms with Crippen molar-refractivity contribution < 1.29 is 14.3 Å². The zero-order valence-electron chi connectivity index (χ0n) is 13.3. The van der Waals surface area contributed by atoms with Gasteiger partial charge in [-0.2, -0.15) is 0 Å². The highest BCUT2D eigenvalue weighted by molar-refractivity contribution is 6.33. The summed E-state index contributed by atoms with van der Waals surface area (Å²) in [6.45, 7) is 4.56. The molecule has 1 aromatic heterocycles. The Morgan fingerprint density at radius 3 is 2.38 bits per heavy atom. The van der Waals surface area contributed by atoms with Crippen LogP contribution in [0.4, 0.5) is 4.39 Å². The summed E-state index contributed by atoms with van der Waals surface area (Å²) in [6.07, 6.45) is 1.11. The topological polar surface area (TPSA) is 81.3 Å². The predicted octanol–water partition coefficient (Wildman–Crippen LogP) is 2.70. The number of rotatable bonds is 4. The summed E-state index contributed by atoms with van der Waals surface area (Å²) in [4.78, 5) is 36.4. The lowest BCUT2D eigenvalue weighted by atomic mass is 10.1. The Kier molecular flexibility index (Phi) is 4.94. The van der Waals surface area contributed by atoms with Crippen molar-refractivity contribution in [3.8, 4) is 11.1 Å². The van der Waals surface area contributed by atoms with Gasteiger partial charge in [0.15, 0.2) is 0 Å². The van der Waals surface area contributed by atoms with E-state index in [9.17, 15) is 23.9 Å². The molecule has 0 spiro atoms. The average molecular weight is 355 g/mol. The molecule has 0 bridgehead atoms. The molecular weight excluding hydrogens is 339 g/mol. The predicted molar refractivity (Wildman–Crippen MR) is 88.1 cm³/mol. The third-order valence-corrected chi connectivity index (χ3v) is 4.06. The minimum Gasteiger partial charge on any atom is -0.480 e. The molecule has 2 aromatic rings. The Balaban J connectivity index is 2.92.